The van der Waals surface area contributed by atoms with Gasteiger partial charge in [-0.15, -0.1) is 0 Å². The van der Waals surface area contributed by atoms with Gasteiger partial charge < -0.3 is 0 Å². The van der Waals surface area contributed by atoms with Crippen LogP contribution in [0.2, 0.25) is 0 Å². The van der Waals surface area contributed by atoms with Crippen molar-refractivity contribution in [2.45, 2.75) is 58.7 Å². The topological polar surface area (TPSA) is 17.1 Å². The Morgan fingerprint density at radius 1 is 0.382 bits per heavy atom. The highest BCUT2D eigenvalue weighted by Gasteiger charge is 2.97. The zero-order chi connectivity index (χ0) is 28.6. The first kappa shape index (κ1) is 32.9. The SMILES string of the molecule is O=C(Cl)C(F)(F)C(F)(F)C(F)(F)C(F)(F)C(F)(F)C(F)(F)C(F)(F)C(F)(F)C(F)(F)C(F)(F)Cl. The second-order valence-electron chi connectivity index (χ2n) is 5.94. The number of rotatable bonds is 10. The summed E-state index contributed by atoms with van der Waals surface area (Å²) in [4.78, 5) is 10.1. The maximum atomic E-state index is 13.4. The molecule has 0 bridgehead atoms. The Morgan fingerprint density at radius 3 is 0.735 bits per heavy atom. The van der Waals surface area contributed by atoms with E-state index in [1.165, 1.54) is 0 Å². The second kappa shape index (κ2) is 7.92. The molecule has 0 heterocycles. The van der Waals surface area contributed by atoms with Crippen molar-refractivity contribution in [2.75, 3.05) is 0 Å². The van der Waals surface area contributed by atoms with Gasteiger partial charge >= 0.3 is 58.7 Å². The molecule has 0 fully saturated rings. The maximum absolute atomic E-state index is 13.4. The molecule has 23 heteroatoms. The van der Waals surface area contributed by atoms with E-state index < -0.39 is 63.9 Å². The van der Waals surface area contributed by atoms with Crippen LogP contribution in [0.4, 0.5) is 87.8 Å². The first-order valence-corrected chi connectivity index (χ1v) is 7.62. The van der Waals surface area contributed by atoms with Crippen molar-refractivity contribution in [3.63, 3.8) is 0 Å². The highest BCUT2D eigenvalue weighted by Crippen LogP contribution is 2.66. The molecule has 0 spiro atoms. The van der Waals surface area contributed by atoms with Crippen LogP contribution >= 0.6 is 23.2 Å². The molecule has 1 nitrogen and oxygen atoms in total. The second-order valence-corrected chi connectivity index (χ2v) is 6.76. The molecule has 0 rings (SSSR count). The third-order valence-corrected chi connectivity index (χ3v) is 4.23. The van der Waals surface area contributed by atoms with Gasteiger partial charge in [-0.25, -0.2) is 0 Å². The minimum atomic E-state index is -9.16. The average molecular weight is 599 g/mol. The zero-order valence-corrected chi connectivity index (χ0v) is 15.7. The highest BCUT2D eigenvalue weighted by molar-refractivity contribution is 6.65. The van der Waals surface area contributed by atoms with E-state index in [0.717, 1.165) is 0 Å². The molecule has 0 N–H and O–H groups in total. The van der Waals surface area contributed by atoms with E-state index in [2.05, 4.69) is 23.2 Å². The van der Waals surface area contributed by atoms with Gasteiger partial charge in [0.25, 0.3) is 5.24 Å². The van der Waals surface area contributed by atoms with Crippen molar-refractivity contribution in [1.82, 2.24) is 0 Å². The largest absolute Gasteiger partial charge is 0.393 e. The summed E-state index contributed by atoms with van der Waals surface area (Å²) >= 11 is 6.93. The molecule has 0 saturated carbocycles. The smallest absolute Gasteiger partial charge is 0.274 e. The molecular weight excluding hydrogens is 599 g/mol. The van der Waals surface area contributed by atoms with Gasteiger partial charge in [0, 0.05) is 0 Å². The van der Waals surface area contributed by atoms with Crippen LogP contribution in [-0.2, 0) is 4.79 Å². The summed E-state index contributed by atoms with van der Waals surface area (Å²) < 4.78 is 261. The van der Waals surface area contributed by atoms with E-state index in [4.69, 9.17) is 0 Å². The Kier molecular flexibility index (Phi) is 7.66. The molecule has 0 aliphatic carbocycles. The molecular formula is C11Cl2F20O. The summed E-state index contributed by atoms with van der Waals surface area (Å²) in [7, 11) is 0. The summed E-state index contributed by atoms with van der Waals surface area (Å²) in [6.07, 6.45) is 0. The van der Waals surface area contributed by atoms with Crippen molar-refractivity contribution in [3.05, 3.63) is 0 Å². The van der Waals surface area contributed by atoms with Gasteiger partial charge in [-0.1, -0.05) is 0 Å². The van der Waals surface area contributed by atoms with Crippen molar-refractivity contribution in [1.29, 1.82) is 0 Å². The van der Waals surface area contributed by atoms with Gasteiger partial charge in [0.05, 0.1) is 0 Å². The van der Waals surface area contributed by atoms with Gasteiger partial charge in [-0.05, 0) is 23.2 Å². The molecule has 0 amide bonds. The third kappa shape index (κ3) is 3.73. The number of hydrogen-bond donors (Lipinski definition) is 0. The molecule has 0 radical (unpaired) electrons. The molecule has 204 valence electrons. The average Bonchev–Trinajstić information content (AvgIpc) is 2.58. The predicted octanol–water partition coefficient (Wildman–Crippen LogP) is 7.30. The molecule has 0 aromatic heterocycles. The van der Waals surface area contributed by atoms with Crippen LogP contribution in [0.5, 0.6) is 0 Å². The fourth-order valence-corrected chi connectivity index (χ4v) is 1.92. The minimum Gasteiger partial charge on any atom is -0.274 e. The maximum Gasteiger partial charge on any atom is 0.393 e. The van der Waals surface area contributed by atoms with Crippen molar-refractivity contribution >= 4 is 28.4 Å². The summed E-state index contributed by atoms with van der Waals surface area (Å²) in [5.41, 5.74) is 0. The normalized spacial score (nSPS) is 16.6. The number of alkyl halides is 21. The molecule has 0 aromatic rings. The lowest BCUT2D eigenvalue weighted by Gasteiger charge is -2.44. The van der Waals surface area contributed by atoms with Crippen LogP contribution in [0.3, 0.4) is 0 Å². The summed E-state index contributed by atoms with van der Waals surface area (Å²) in [6.45, 7) is 0. The Balaban J connectivity index is 7.11. The summed E-state index contributed by atoms with van der Waals surface area (Å²) in [5.74, 6) is -77.5. The fraction of sp³-hybridized carbons (Fsp3) is 0.909. The van der Waals surface area contributed by atoms with E-state index in [-0.39, 0.29) is 0 Å². The lowest BCUT2D eigenvalue weighted by Crippen LogP contribution is -2.77. The first-order valence-electron chi connectivity index (χ1n) is 6.86. The van der Waals surface area contributed by atoms with E-state index in [9.17, 15) is 92.6 Å². The zero-order valence-electron chi connectivity index (χ0n) is 14.2. The van der Waals surface area contributed by atoms with Crippen LogP contribution < -0.4 is 0 Å². The van der Waals surface area contributed by atoms with Gasteiger partial charge in [0.15, 0.2) is 0 Å². The quantitative estimate of drug-likeness (QED) is 0.147. The number of hydrogen-bond acceptors (Lipinski definition) is 1. The van der Waals surface area contributed by atoms with E-state index in [0.29, 0.717) is 0 Å². The lowest BCUT2D eigenvalue weighted by molar-refractivity contribution is -0.464. The van der Waals surface area contributed by atoms with Crippen LogP contribution in [-0.4, -0.2) is 63.9 Å². The van der Waals surface area contributed by atoms with Gasteiger partial charge in [0.1, 0.15) is 0 Å². The summed E-state index contributed by atoms with van der Waals surface area (Å²) in [5, 5.41) is -11.1. The molecule has 0 atom stereocenters. The van der Waals surface area contributed by atoms with Crippen LogP contribution in [0.25, 0.3) is 0 Å². The van der Waals surface area contributed by atoms with E-state index in [1.807, 2.05) is 0 Å². The number of carbonyl (C=O) groups excluding carboxylic acids is 1. The van der Waals surface area contributed by atoms with E-state index in [1.54, 1.807) is 0 Å². The molecule has 0 aromatic carbocycles. The van der Waals surface area contributed by atoms with Gasteiger partial charge in [-0.2, -0.15) is 87.8 Å². The minimum absolute atomic E-state index is 3.26. The molecule has 0 aliphatic rings. The Morgan fingerprint density at radius 2 is 0.559 bits per heavy atom. The van der Waals surface area contributed by atoms with Crippen LogP contribution in [0, 0.1) is 0 Å². The van der Waals surface area contributed by atoms with Gasteiger partial charge in [0.2, 0.25) is 0 Å². The Hall–Kier alpha value is -1.15. The number of halogens is 22. The first-order chi connectivity index (χ1) is 14.2. The predicted molar refractivity (Wildman–Crippen MR) is 66.2 cm³/mol. The van der Waals surface area contributed by atoms with Crippen LogP contribution in [0.1, 0.15) is 0 Å². The lowest BCUT2D eigenvalue weighted by atomic mass is 9.86. The third-order valence-electron chi connectivity index (χ3n) is 3.76. The Labute approximate surface area is 180 Å². The monoisotopic (exact) mass is 598 g/mol. The van der Waals surface area contributed by atoms with Gasteiger partial charge in [-0.3, -0.25) is 4.79 Å². The fourth-order valence-electron chi connectivity index (χ4n) is 1.68. The standard InChI is InChI=1S/C11Cl2F20O/c12-1(34)2(14,15)3(16,17)4(18,19)5(20,21)6(22,23)7(24,25)8(26,27)9(28,29)10(30,31)11(13,32)33. The Bertz CT molecular complexity index is 795. The molecule has 0 aliphatic heterocycles. The van der Waals surface area contributed by atoms with Crippen molar-refractivity contribution in [2.24, 2.45) is 0 Å². The molecule has 0 unspecified atom stereocenters. The van der Waals surface area contributed by atoms with E-state index >= 15 is 0 Å². The highest BCUT2D eigenvalue weighted by atomic mass is 35.5. The van der Waals surface area contributed by atoms with Crippen LogP contribution in [0.15, 0.2) is 0 Å². The summed E-state index contributed by atoms with van der Waals surface area (Å²) in [6, 6.07) is 0. The number of carbonyl (C=O) groups is 1. The van der Waals surface area contributed by atoms with Crippen molar-refractivity contribution in [3.8, 4) is 0 Å². The molecule has 34 heavy (non-hydrogen) atoms. The van der Waals surface area contributed by atoms with Crippen molar-refractivity contribution < 1.29 is 92.6 Å². The molecule has 0 saturated heterocycles.